The number of rotatable bonds is 6. The molecule has 1 saturated heterocycles. The van der Waals surface area contributed by atoms with Crippen LogP contribution in [0.4, 0.5) is 10.5 Å². The molecule has 1 unspecified atom stereocenters. The number of carbonyl (C=O) groups excluding carboxylic acids is 2. The first kappa shape index (κ1) is 20.9. The number of alkyl carbamates (subject to hydrolysis) is 1. The number of aromatic nitrogens is 2. The molecule has 29 heavy (non-hydrogen) atoms. The number of nitrogens with zero attached hydrogens (tertiary/aromatic N) is 3. The summed E-state index contributed by atoms with van der Waals surface area (Å²) in [5, 5.41) is 10.4. The third kappa shape index (κ3) is 5.35. The van der Waals surface area contributed by atoms with E-state index in [1.807, 2.05) is 48.9 Å². The molecule has 8 heteroatoms. The standard InChI is InChI=1S/C21H29N5O3/c1-4-29-21(28)22-17-9-8-12-25(13-17)14-19(27)23-20-15(2)24-26(16(20)3)18-10-6-5-7-11-18/h5-7,10-11,17H,4,8-9,12-14H2,1-3H3,(H,22,28)(H,23,27). The SMILES string of the molecule is CCOC(=O)NC1CCCN(CC(=O)Nc2c(C)nn(-c3ccccc3)c2C)C1. The number of likely N-dealkylation sites (tertiary alicyclic amines) is 1. The molecular weight excluding hydrogens is 370 g/mol. The van der Waals surface area contributed by atoms with Crippen molar-refractivity contribution in [2.45, 2.75) is 39.7 Å². The lowest BCUT2D eigenvalue weighted by molar-refractivity contribution is -0.117. The molecule has 1 fully saturated rings. The van der Waals surface area contributed by atoms with Gasteiger partial charge in [-0.1, -0.05) is 18.2 Å². The maximum absolute atomic E-state index is 12.7. The van der Waals surface area contributed by atoms with E-state index in [0.717, 1.165) is 42.1 Å². The van der Waals surface area contributed by atoms with Gasteiger partial charge >= 0.3 is 6.09 Å². The second kappa shape index (κ2) is 9.56. The second-order valence-electron chi connectivity index (χ2n) is 7.28. The summed E-state index contributed by atoms with van der Waals surface area (Å²) in [4.78, 5) is 26.4. The highest BCUT2D eigenvalue weighted by Gasteiger charge is 2.24. The number of amides is 2. The lowest BCUT2D eigenvalue weighted by Crippen LogP contribution is -2.49. The van der Waals surface area contributed by atoms with Crippen LogP contribution in [0.25, 0.3) is 5.69 Å². The van der Waals surface area contributed by atoms with E-state index in [1.165, 1.54) is 0 Å². The van der Waals surface area contributed by atoms with Gasteiger partial charge in [0.1, 0.15) is 0 Å². The van der Waals surface area contributed by atoms with E-state index in [0.29, 0.717) is 13.2 Å². The molecule has 156 valence electrons. The van der Waals surface area contributed by atoms with Crippen LogP contribution in [0.2, 0.25) is 0 Å². The van der Waals surface area contributed by atoms with Gasteiger partial charge in [0.15, 0.2) is 0 Å². The monoisotopic (exact) mass is 399 g/mol. The molecule has 8 nitrogen and oxygen atoms in total. The predicted molar refractivity (Wildman–Crippen MR) is 111 cm³/mol. The zero-order valence-corrected chi connectivity index (χ0v) is 17.3. The molecule has 1 aliphatic rings. The third-order valence-corrected chi connectivity index (χ3v) is 5.03. The largest absolute Gasteiger partial charge is 0.450 e. The van der Waals surface area contributed by atoms with Crippen LogP contribution in [0, 0.1) is 13.8 Å². The van der Waals surface area contributed by atoms with E-state index in [4.69, 9.17) is 4.74 Å². The highest BCUT2D eigenvalue weighted by molar-refractivity contribution is 5.93. The van der Waals surface area contributed by atoms with Crippen molar-refractivity contribution in [2.75, 3.05) is 31.6 Å². The molecule has 0 aliphatic carbocycles. The average molecular weight is 399 g/mol. The minimum atomic E-state index is -0.400. The van der Waals surface area contributed by atoms with Gasteiger partial charge in [0.2, 0.25) is 5.91 Å². The summed E-state index contributed by atoms with van der Waals surface area (Å²) in [6.07, 6.45) is 1.41. The fourth-order valence-electron chi connectivity index (χ4n) is 3.68. The minimum absolute atomic E-state index is 0.0000898. The highest BCUT2D eigenvalue weighted by atomic mass is 16.5. The Bertz CT molecular complexity index is 850. The molecule has 2 aromatic rings. The smallest absolute Gasteiger partial charge is 0.407 e. The maximum Gasteiger partial charge on any atom is 0.407 e. The summed E-state index contributed by atoms with van der Waals surface area (Å²) in [6.45, 7) is 7.70. The second-order valence-corrected chi connectivity index (χ2v) is 7.28. The Morgan fingerprint density at radius 3 is 2.72 bits per heavy atom. The molecule has 1 aromatic carbocycles. The first-order chi connectivity index (χ1) is 14.0. The van der Waals surface area contributed by atoms with E-state index in [-0.39, 0.29) is 18.5 Å². The van der Waals surface area contributed by atoms with Crippen molar-refractivity contribution in [3.63, 3.8) is 0 Å². The van der Waals surface area contributed by atoms with Crippen molar-refractivity contribution in [1.82, 2.24) is 20.0 Å². The molecule has 2 heterocycles. The molecule has 1 atom stereocenters. The number of benzene rings is 1. The number of carbonyl (C=O) groups is 2. The molecule has 0 radical (unpaired) electrons. The lowest BCUT2D eigenvalue weighted by Gasteiger charge is -2.32. The van der Waals surface area contributed by atoms with Gasteiger partial charge in [0, 0.05) is 12.6 Å². The number of hydrogen-bond acceptors (Lipinski definition) is 5. The zero-order chi connectivity index (χ0) is 20.8. The Morgan fingerprint density at radius 1 is 1.24 bits per heavy atom. The van der Waals surface area contributed by atoms with Crippen LogP contribution in [-0.4, -0.2) is 59.0 Å². The summed E-state index contributed by atoms with van der Waals surface area (Å²) in [5.41, 5.74) is 3.37. The zero-order valence-electron chi connectivity index (χ0n) is 17.3. The molecule has 1 aromatic heterocycles. The lowest BCUT2D eigenvalue weighted by atomic mass is 10.1. The Kier molecular flexibility index (Phi) is 6.87. The van der Waals surface area contributed by atoms with Crippen LogP contribution in [0.3, 0.4) is 0 Å². The normalized spacial score (nSPS) is 17.0. The van der Waals surface area contributed by atoms with Crippen molar-refractivity contribution in [3.05, 3.63) is 41.7 Å². The van der Waals surface area contributed by atoms with Crippen molar-refractivity contribution < 1.29 is 14.3 Å². The quantitative estimate of drug-likeness (QED) is 0.780. The predicted octanol–water partition coefficient (Wildman–Crippen LogP) is 2.64. The van der Waals surface area contributed by atoms with E-state index in [2.05, 4.69) is 20.6 Å². The van der Waals surface area contributed by atoms with Gasteiger partial charge in [-0.3, -0.25) is 9.69 Å². The number of para-hydroxylation sites is 1. The number of ether oxygens (including phenoxy) is 1. The summed E-state index contributed by atoms with van der Waals surface area (Å²) >= 11 is 0. The molecule has 3 rings (SSSR count). The number of aryl methyl sites for hydroxylation is 1. The number of piperidine rings is 1. The van der Waals surface area contributed by atoms with Gasteiger partial charge in [-0.05, 0) is 52.3 Å². The summed E-state index contributed by atoms with van der Waals surface area (Å²) in [6, 6.07) is 9.84. The van der Waals surface area contributed by atoms with Crippen LogP contribution in [-0.2, 0) is 9.53 Å². The topological polar surface area (TPSA) is 88.5 Å². The van der Waals surface area contributed by atoms with Crippen molar-refractivity contribution in [1.29, 1.82) is 0 Å². The average Bonchev–Trinajstić information content (AvgIpc) is 2.97. The van der Waals surface area contributed by atoms with Crippen LogP contribution >= 0.6 is 0 Å². The van der Waals surface area contributed by atoms with Crippen molar-refractivity contribution in [2.24, 2.45) is 0 Å². The van der Waals surface area contributed by atoms with Gasteiger partial charge in [-0.15, -0.1) is 0 Å². The Hall–Kier alpha value is -2.87. The Labute approximate surface area is 171 Å². The number of anilines is 1. The van der Waals surface area contributed by atoms with E-state index >= 15 is 0 Å². The third-order valence-electron chi connectivity index (χ3n) is 5.03. The van der Waals surface area contributed by atoms with Gasteiger partial charge in [0.05, 0.1) is 35.9 Å². The molecular formula is C21H29N5O3. The van der Waals surface area contributed by atoms with E-state index < -0.39 is 6.09 Å². The van der Waals surface area contributed by atoms with Crippen LogP contribution in [0.5, 0.6) is 0 Å². The van der Waals surface area contributed by atoms with E-state index in [9.17, 15) is 9.59 Å². The maximum atomic E-state index is 12.7. The number of hydrogen-bond donors (Lipinski definition) is 2. The van der Waals surface area contributed by atoms with Crippen molar-refractivity contribution >= 4 is 17.7 Å². The Balaban J connectivity index is 1.60. The molecule has 0 spiro atoms. The van der Waals surface area contributed by atoms with E-state index in [1.54, 1.807) is 6.92 Å². The molecule has 2 N–H and O–H groups in total. The first-order valence-electron chi connectivity index (χ1n) is 10.0. The summed E-state index contributed by atoms with van der Waals surface area (Å²) in [7, 11) is 0. The fraction of sp³-hybridized carbons (Fsp3) is 0.476. The summed E-state index contributed by atoms with van der Waals surface area (Å²) < 4.78 is 6.79. The summed E-state index contributed by atoms with van der Waals surface area (Å²) in [5.74, 6) is -0.0828. The van der Waals surface area contributed by atoms with Crippen molar-refractivity contribution in [3.8, 4) is 5.69 Å². The molecule has 0 saturated carbocycles. The fourth-order valence-corrected chi connectivity index (χ4v) is 3.68. The molecule has 0 bridgehead atoms. The van der Waals surface area contributed by atoms with Gasteiger partial charge in [-0.25, -0.2) is 9.48 Å². The van der Waals surface area contributed by atoms with Gasteiger partial charge in [-0.2, -0.15) is 5.10 Å². The van der Waals surface area contributed by atoms with Gasteiger partial charge in [0.25, 0.3) is 0 Å². The first-order valence-corrected chi connectivity index (χ1v) is 10.0. The minimum Gasteiger partial charge on any atom is -0.450 e. The highest BCUT2D eigenvalue weighted by Crippen LogP contribution is 2.23. The molecule has 2 amide bonds. The van der Waals surface area contributed by atoms with Gasteiger partial charge < -0.3 is 15.4 Å². The molecule has 1 aliphatic heterocycles. The Morgan fingerprint density at radius 2 is 2.00 bits per heavy atom. The van der Waals surface area contributed by atoms with Crippen LogP contribution < -0.4 is 10.6 Å². The van der Waals surface area contributed by atoms with Crippen LogP contribution in [0.1, 0.15) is 31.2 Å². The number of nitrogens with one attached hydrogen (secondary N) is 2. The van der Waals surface area contributed by atoms with Crippen LogP contribution in [0.15, 0.2) is 30.3 Å².